The average molecular weight is 355 g/mol. The molecular weight excluding hydrogens is 345 g/mol. The summed E-state index contributed by atoms with van der Waals surface area (Å²) >= 11 is 9.57. The van der Waals surface area contributed by atoms with E-state index in [0.29, 0.717) is 22.0 Å². The van der Waals surface area contributed by atoms with Gasteiger partial charge in [0.25, 0.3) is 0 Å². The molecule has 0 spiro atoms. The highest BCUT2D eigenvalue weighted by molar-refractivity contribution is 9.10. The molecule has 1 heterocycles. The van der Waals surface area contributed by atoms with Crippen LogP contribution >= 0.6 is 27.5 Å². The van der Waals surface area contributed by atoms with Gasteiger partial charge in [-0.15, -0.1) is 0 Å². The average Bonchev–Trinajstić information content (AvgIpc) is 2.80. The van der Waals surface area contributed by atoms with Gasteiger partial charge >= 0.3 is 0 Å². The van der Waals surface area contributed by atoms with E-state index in [0.717, 1.165) is 15.4 Å². The molecule has 0 saturated carbocycles. The highest BCUT2D eigenvalue weighted by Gasteiger charge is 2.14. The number of methoxy groups -OCH3 is 1. The third kappa shape index (κ3) is 2.30. The van der Waals surface area contributed by atoms with Crippen LogP contribution in [0.4, 0.5) is 4.39 Å². The molecule has 5 heteroatoms. The van der Waals surface area contributed by atoms with Crippen LogP contribution in [0, 0.1) is 5.82 Å². The van der Waals surface area contributed by atoms with E-state index >= 15 is 0 Å². The van der Waals surface area contributed by atoms with E-state index in [-0.39, 0.29) is 0 Å². The lowest BCUT2D eigenvalue weighted by molar-refractivity contribution is 0.411. The number of benzene rings is 2. The van der Waals surface area contributed by atoms with Crippen LogP contribution in [0.5, 0.6) is 5.75 Å². The van der Waals surface area contributed by atoms with Crippen LogP contribution < -0.4 is 4.74 Å². The molecule has 0 radical (unpaired) electrons. The number of nitrogens with one attached hydrogen (secondary N) is 1. The fourth-order valence-corrected chi connectivity index (χ4v) is 2.84. The van der Waals surface area contributed by atoms with Crippen LogP contribution in [0.15, 0.2) is 40.9 Å². The number of H-pyrrole nitrogens is 1. The summed E-state index contributed by atoms with van der Waals surface area (Å²) in [4.78, 5) is 3.17. The van der Waals surface area contributed by atoms with Gasteiger partial charge in [0.05, 0.1) is 23.4 Å². The SMILES string of the molecule is COc1cc(F)c(-c2cc3cc(Br)ccc3[nH]2)c(Cl)c1. The third-order valence-electron chi connectivity index (χ3n) is 3.10. The first-order chi connectivity index (χ1) is 9.58. The Morgan fingerprint density at radius 2 is 2.00 bits per heavy atom. The van der Waals surface area contributed by atoms with Crippen molar-refractivity contribution in [3.8, 4) is 17.0 Å². The molecule has 102 valence electrons. The maximum Gasteiger partial charge on any atom is 0.137 e. The van der Waals surface area contributed by atoms with Crippen LogP contribution in [-0.4, -0.2) is 12.1 Å². The largest absolute Gasteiger partial charge is 0.497 e. The summed E-state index contributed by atoms with van der Waals surface area (Å²) in [5, 5.41) is 1.30. The van der Waals surface area contributed by atoms with Gasteiger partial charge in [-0.25, -0.2) is 4.39 Å². The second-order valence-electron chi connectivity index (χ2n) is 4.38. The number of halogens is 3. The number of hydrogen-bond donors (Lipinski definition) is 1. The molecule has 0 aliphatic rings. The molecule has 3 rings (SSSR count). The summed E-state index contributed by atoms with van der Waals surface area (Å²) in [6.07, 6.45) is 0. The zero-order valence-electron chi connectivity index (χ0n) is 10.5. The minimum absolute atomic E-state index is 0.312. The molecule has 0 aliphatic carbocycles. The summed E-state index contributed by atoms with van der Waals surface area (Å²) in [5.74, 6) is -0.0184. The third-order valence-corrected chi connectivity index (χ3v) is 3.89. The van der Waals surface area contributed by atoms with Crippen molar-refractivity contribution in [2.45, 2.75) is 0 Å². The molecule has 0 bridgehead atoms. The molecule has 0 fully saturated rings. The normalized spacial score (nSPS) is 11.0. The van der Waals surface area contributed by atoms with Crippen molar-refractivity contribution in [1.29, 1.82) is 0 Å². The quantitative estimate of drug-likeness (QED) is 0.655. The van der Waals surface area contributed by atoms with Crippen molar-refractivity contribution in [2.75, 3.05) is 7.11 Å². The Kier molecular flexibility index (Phi) is 3.44. The minimum Gasteiger partial charge on any atom is -0.497 e. The Morgan fingerprint density at radius 1 is 1.20 bits per heavy atom. The molecular formula is C15H10BrClFNO. The molecule has 0 saturated heterocycles. The second kappa shape index (κ2) is 5.11. The maximum absolute atomic E-state index is 14.2. The monoisotopic (exact) mass is 353 g/mol. The predicted octanol–water partition coefficient (Wildman–Crippen LogP) is 5.40. The van der Waals surface area contributed by atoms with E-state index in [4.69, 9.17) is 16.3 Å². The predicted molar refractivity (Wildman–Crippen MR) is 83.0 cm³/mol. The summed E-state index contributed by atoms with van der Waals surface area (Å²) in [7, 11) is 1.48. The van der Waals surface area contributed by atoms with Crippen molar-refractivity contribution in [3.63, 3.8) is 0 Å². The van der Waals surface area contributed by atoms with E-state index in [1.54, 1.807) is 6.07 Å². The standard InChI is InChI=1S/C15H10BrClFNO/c1-20-10-6-11(17)15(12(18)7-10)14-5-8-4-9(16)2-3-13(8)19-14/h2-7,19H,1H3. The van der Waals surface area contributed by atoms with Gasteiger partial charge in [-0.2, -0.15) is 0 Å². The number of ether oxygens (including phenoxy) is 1. The molecule has 0 aliphatic heterocycles. The van der Waals surface area contributed by atoms with Gasteiger partial charge in [-0.05, 0) is 30.3 Å². The van der Waals surface area contributed by atoms with Crippen LogP contribution in [0.25, 0.3) is 22.2 Å². The lowest BCUT2D eigenvalue weighted by atomic mass is 10.1. The van der Waals surface area contributed by atoms with Gasteiger partial charge in [-0.3, -0.25) is 0 Å². The number of aromatic amines is 1. The Bertz CT molecular complexity index is 777. The minimum atomic E-state index is -0.417. The number of rotatable bonds is 2. The van der Waals surface area contributed by atoms with E-state index in [9.17, 15) is 4.39 Å². The van der Waals surface area contributed by atoms with E-state index in [1.165, 1.54) is 13.2 Å². The van der Waals surface area contributed by atoms with Gasteiger partial charge in [0.15, 0.2) is 0 Å². The van der Waals surface area contributed by atoms with Crippen LogP contribution in [0.1, 0.15) is 0 Å². The second-order valence-corrected chi connectivity index (χ2v) is 5.70. The molecule has 2 aromatic carbocycles. The Labute approximate surface area is 128 Å². The van der Waals surface area contributed by atoms with Crippen molar-refractivity contribution >= 4 is 38.4 Å². The molecule has 0 amide bonds. The Balaban J connectivity index is 2.20. The zero-order valence-corrected chi connectivity index (χ0v) is 12.8. The lowest BCUT2D eigenvalue weighted by Crippen LogP contribution is -1.90. The van der Waals surface area contributed by atoms with Gasteiger partial charge < -0.3 is 9.72 Å². The summed E-state index contributed by atoms with van der Waals surface area (Å²) in [5.41, 5.74) is 1.91. The Morgan fingerprint density at radius 3 is 2.70 bits per heavy atom. The molecule has 2 nitrogen and oxygen atoms in total. The van der Waals surface area contributed by atoms with E-state index in [2.05, 4.69) is 20.9 Å². The van der Waals surface area contributed by atoms with Gasteiger partial charge in [0, 0.05) is 21.4 Å². The summed E-state index contributed by atoms with van der Waals surface area (Å²) < 4.78 is 20.2. The Hall–Kier alpha value is -1.52. The molecule has 3 aromatic rings. The van der Waals surface area contributed by atoms with Gasteiger partial charge in [-0.1, -0.05) is 27.5 Å². The molecule has 1 N–H and O–H groups in total. The first kappa shape index (κ1) is 13.5. The molecule has 0 unspecified atom stereocenters. The smallest absolute Gasteiger partial charge is 0.137 e. The molecule has 0 atom stereocenters. The highest BCUT2D eigenvalue weighted by Crippen LogP contribution is 2.35. The van der Waals surface area contributed by atoms with E-state index in [1.807, 2.05) is 24.3 Å². The van der Waals surface area contributed by atoms with Crippen molar-refractivity contribution in [1.82, 2.24) is 4.98 Å². The van der Waals surface area contributed by atoms with Crippen molar-refractivity contribution in [2.24, 2.45) is 0 Å². The summed E-state index contributed by atoms with van der Waals surface area (Å²) in [6, 6.07) is 10.6. The first-order valence-corrected chi connectivity index (χ1v) is 7.07. The number of hydrogen-bond acceptors (Lipinski definition) is 1. The number of fused-ring (bicyclic) bond motifs is 1. The molecule has 20 heavy (non-hydrogen) atoms. The van der Waals surface area contributed by atoms with Crippen molar-refractivity contribution < 1.29 is 9.13 Å². The summed E-state index contributed by atoms with van der Waals surface area (Å²) in [6.45, 7) is 0. The fourth-order valence-electron chi connectivity index (χ4n) is 2.16. The number of aromatic nitrogens is 1. The van der Waals surface area contributed by atoms with Crippen LogP contribution in [0.2, 0.25) is 5.02 Å². The van der Waals surface area contributed by atoms with Crippen molar-refractivity contribution in [3.05, 3.63) is 51.7 Å². The van der Waals surface area contributed by atoms with Crippen LogP contribution in [-0.2, 0) is 0 Å². The first-order valence-electron chi connectivity index (χ1n) is 5.90. The van der Waals surface area contributed by atoms with Crippen LogP contribution in [0.3, 0.4) is 0 Å². The lowest BCUT2D eigenvalue weighted by Gasteiger charge is -2.06. The maximum atomic E-state index is 14.2. The molecule has 1 aromatic heterocycles. The topological polar surface area (TPSA) is 25.0 Å². The van der Waals surface area contributed by atoms with Gasteiger partial charge in [0.1, 0.15) is 11.6 Å². The highest BCUT2D eigenvalue weighted by atomic mass is 79.9. The fraction of sp³-hybridized carbons (Fsp3) is 0.0667. The van der Waals surface area contributed by atoms with Gasteiger partial charge in [0.2, 0.25) is 0 Å². The zero-order chi connectivity index (χ0) is 14.3. The van der Waals surface area contributed by atoms with E-state index < -0.39 is 5.82 Å².